The second kappa shape index (κ2) is 9.28. The Hall–Kier alpha value is -4.97. The van der Waals surface area contributed by atoms with Gasteiger partial charge in [0.05, 0.1) is 0 Å². The standard InChI is InChI=1S/C37H21N3S2/c1-2-10-23-21-24(20-19-22(23)9-1)35-38-36(27-13-7-17-31-33(27)25-11-3-5-15-29(25)41-31)40-37(39-35)28-14-8-18-32-34(28)26-12-4-6-16-30(26)42-32/h1-21H. The molecule has 0 atom stereocenters. The molecule has 42 heavy (non-hydrogen) atoms. The van der Waals surface area contributed by atoms with Crippen LogP contribution in [-0.2, 0) is 0 Å². The summed E-state index contributed by atoms with van der Waals surface area (Å²) in [6.07, 6.45) is 0. The molecular weight excluding hydrogens is 551 g/mol. The SMILES string of the molecule is c1ccc2cc(-c3nc(-c4cccc5sc6ccccc6c45)nc(-c4cccc5sc6ccccc6c45)n3)ccc2c1. The molecule has 0 aliphatic rings. The maximum atomic E-state index is 5.22. The summed E-state index contributed by atoms with van der Waals surface area (Å²) in [5.74, 6) is 2.05. The summed E-state index contributed by atoms with van der Waals surface area (Å²) in [5, 5.41) is 7.20. The van der Waals surface area contributed by atoms with Crippen molar-refractivity contribution >= 4 is 73.8 Å². The van der Waals surface area contributed by atoms with E-state index in [9.17, 15) is 0 Å². The van der Waals surface area contributed by atoms with Crippen molar-refractivity contribution in [1.82, 2.24) is 15.0 Å². The first-order valence-electron chi connectivity index (χ1n) is 13.9. The Labute approximate surface area is 249 Å². The molecule has 0 saturated heterocycles. The number of rotatable bonds is 3. The van der Waals surface area contributed by atoms with Crippen molar-refractivity contribution < 1.29 is 0 Å². The zero-order chi connectivity index (χ0) is 27.6. The van der Waals surface area contributed by atoms with Gasteiger partial charge in [-0.25, -0.2) is 15.0 Å². The Balaban J connectivity index is 1.36. The van der Waals surface area contributed by atoms with Gasteiger partial charge in [-0.2, -0.15) is 0 Å². The average molecular weight is 572 g/mol. The quantitative estimate of drug-likeness (QED) is 0.212. The fraction of sp³-hybridized carbons (Fsp3) is 0. The molecule has 196 valence electrons. The summed E-state index contributed by atoms with van der Waals surface area (Å²) in [4.78, 5) is 15.5. The van der Waals surface area contributed by atoms with Crippen LogP contribution in [0, 0.1) is 0 Å². The summed E-state index contributed by atoms with van der Waals surface area (Å²) in [5.41, 5.74) is 3.03. The Morgan fingerprint density at radius 3 is 1.50 bits per heavy atom. The summed E-state index contributed by atoms with van der Waals surface area (Å²) in [6.45, 7) is 0. The van der Waals surface area contributed by atoms with Gasteiger partial charge in [-0.15, -0.1) is 22.7 Å². The van der Waals surface area contributed by atoms with Gasteiger partial charge in [-0.1, -0.05) is 97.1 Å². The van der Waals surface area contributed by atoms with E-state index in [2.05, 4.69) is 127 Å². The van der Waals surface area contributed by atoms with Gasteiger partial charge in [-0.05, 0) is 41.1 Å². The first kappa shape index (κ1) is 23.7. The van der Waals surface area contributed by atoms with Crippen LogP contribution in [0.25, 0.3) is 85.3 Å². The highest BCUT2D eigenvalue weighted by atomic mass is 32.1. The summed E-state index contributed by atoms with van der Waals surface area (Å²) < 4.78 is 4.99. The lowest BCUT2D eigenvalue weighted by Crippen LogP contribution is -2.00. The highest BCUT2D eigenvalue weighted by molar-refractivity contribution is 7.26. The van der Waals surface area contributed by atoms with Gasteiger partial charge in [0.25, 0.3) is 0 Å². The van der Waals surface area contributed by atoms with Crippen LogP contribution in [0.4, 0.5) is 0 Å². The Kier molecular flexibility index (Phi) is 5.24. The molecule has 0 N–H and O–H groups in total. The van der Waals surface area contributed by atoms with Crippen LogP contribution in [0.2, 0.25) is 0 Å². The molecule has 0 aliphatic heterocycles. The minimum Gasteiger partial charge on any atom is -0.208 e. The molecule has 0 fully saturated rings. The first-order valence-corrected chi connectivity index (χ1v) is 15.5. The number of nitrogens with zero attached hydrogens (tertiary/aromatic N) is 3. The summed E-state index contributed by atoms with van der Waals surface area (Å²) in [6, 6.07) is 44.9. The number of thiophene rings is 2. The van der Waals surface area contributed by atoms with Gasteiger partial charge in [0.2, 0.25) is 0 Å². The lowest BCUT2D eigenvalue weighted by Gasteiger charge is -2.11. The Morgan fingerprint density at radius 2 is 0.881 bits per heavy atom. The highest BCUT2D eigenvalue weighted by Crippen LogP contribution is 2.42. The first-order chi connectivity index (χ1) is 20.8. The van der Waals surface area contributed by atoms with E-state index in [0.717, 1.165) is 22.1 Å². The van der Waals surface area contributed by atoms with Crippen LogP contribution >= 0.6 is 22.7 Å². The molecule has 0 aliphatic carbocycles. The third-order valence-corrected chi connectivity index (χ3v) is 10.2. The zero-order valence-corrected chi connectivity index (χ0v) is 23.9. The van der Waals surface area contributed by atoms with E-state index < -0.39 is 0 Å². The topological polar surface area (TPSA) is 38.7 Å². The van der Waals surface area contributed by atoms with Gasteiger partial charge < -0.3 is 0 Å². The second-order valence-corrected chi connectivity index (χ2v) is 12.6. The van der Waals surface area contributed by atoms with Crippen molar-refractivity contribution in [2.45, 2.75) is 0 Å². The molecule has 3 heterocycles. The molecule has 0 bridgehead atoms. The van der Waals surface area contributed by atoms with Crippen molar-refractivity contribution in [3.63, 3.8) is 0 Å². The van der Waals surface area contributed by atoms with Crippen molar-refractivity contribution in [2.75, 3.05) is 0 Å². The van der Waals surface area contributed by atoms with E-state index in [1.165, 1.54) is 45.7 Å². The molecule has 0 unspecified atom stereocenters. The minimum atomic E-state index is 0.675. The fourth-order valence-corrected chi connectivity index (χ4v) is 8.26. The van der Waals surface area contributed by atoms with Crippen molar-refractivity contribution in [3.05, 3.63) is 127 Å². The predicted octanol–water partition coefficient (Wildman–Crippen LogP) is 10.8. The Bertz CT molecular complexity index is 2360. The summed E-state index contributed by atoms with van der Waals surface area (Å²) in [7, 11) is 0. The van der Waals surface area contributed by atoms with Crippen LogP contribution in [0.3, 0.4) is 0 Å². The average Bonchev–Trinajstić information content (AvgIpc) is 3.63. The molecule has 6 aromatic carbocycles. The van der Waals surface area contributed by atoms with E-state index in [-0.39, 0.29) is 0 Å². The van der Waals surface area contributed by atoms with Crippen LogP contribution in [0.5, 0.6) is 0 Å². The van der Waals surface area contributed by atoms with Gasteiger partial charge in [0.1, 0.15) is 0 Å². The largest absolute Gasteiger partial charge is 0.208 e. The second-order valence-electron chi connectivity index (χ2n) is 10.4. The van der Waals surface area contributed by atoms with Crippen molar-refractivity contribution in [3.8, 4) is 34.2 Å². The van der Waals surface area contributed by atoms with Gasteiger partial charge in [-0.3, -0.25) is 0 Å². The number of hydrogen-bond acceptors (Lipinski definition) is 5. The maximum absolute atomic E-state index is 5.22. The van der Waals surface area contributed by atoms with E-state index in [1.54, 1.807) is 0 Å². The van der Waals surface area contributed by atoms with Crippen LogP contribution in [-0.4, -0.2) is 15.0 Å². The van der Waals surface area contributed by atoms with Gasteiger partial charge in [0, 0.05) is 57.0 Å². The number of aromatic nitrogens is 3. The highest BCUT2D eigenvalue weighted by Gasteiger charge is 2.19. The number of fused-ring (bicyclic) bond motifs is 7. The Morgan fingerprint density at radius 1 is 0.381 bits per heavy atom. The van der Waals surface area contributed by atoms with Crippen molar-refractivity contribution in [1.29, 1.82) is 0 Å². The minimum absolute atomic E-state index is 0.675. The lowest BCUT2D eigenvalue weighted by molar-refractivity contribution is 1.08. The molecule has 0 radical (unpaired) electrons. The molecule has 0 amide bonds. The van der Waals surface area contributed by atoms with E-state index in [4.69, 9.17) is 15.0 Å². The smallest absolute Gasteiger partial charge is 0.164 e. The molecule has 5 heteroatoms. The van der Waals surface area contributed by atoms with E-state index in [1.807, 2.05) is 22.7 Å². The molecule has 3 nitrogen and oxygen atoms in total. The zero-order valence-electron chi connectivity index (χ0n) is 22.3. The normalized spacial score (nSPS) is 11.8. The van der Waals surface area contributed by atoms with Gasteiger partial charge >= 0.3 is 0 Å². The third-order valence-electron chi connectivity index (χ3n) is 7.93. The summed E-state index contributed by atoms with van der Waals surface area (Å²) >= 11 is 3.62. The molecule has 9 rings (SSSR count). The number of hydrogen-bond donors (Lipinski definition) is 0. The molecular formula is C37H21N3S2. The van der Waals surface area contributed by atoms with Crippen LogP contribution < -0.4 is 0 Å². The molecule has 0 spiro atoms. The van der Waals surface area contributed by atoms with E-state index >= 15 is 0 Å². The fourth-order valence-electron chi connectivity index (χ4n) is 6.00. The monoisotopic (exact) mass is 571 g/mol. The van der Waals surface area contributed by atoms with Crippen LogP contribution in [0.1, 0.15) is 0 Å². The predicted molar refractivity (Wildman–Crippen MR) is 179 cm³/mol. The van der Waals surface area contributed by atoms with Crippen LogP contribution in [0.15, 0.2) is 127 Å². The number of benzene rings is 6. The molecule has 0 saturated carbocycles. The van der Waals surface area contributed by atoms with E-state index in [0.29, 0.717) is 17.5 Å². The third kappa shape index (κ3) is 3.68. The molecule has 3 aromatic heterocycles. The lowest BCUT2D eigenvalue weighted by atomic mass is 10.0. The van der Waals surface area contributed by atoms with Crippen molar-refractivity contribution in [2.24, 2.45) is 0 Å². The molecule has 9 aromatic rings. The van der Waals surface area contributed by atoms with Gasteiger partial charge in [0.15, 0.2) is 17.5 Å². The maximum Gasteiger partial charge on any atom is 0.164 e.